The summed E-state index contributed by atoms with van der Waals surface area (Å²) in [6.07, 6.45) is 2.90. The number of benzene rings is 1. The largest absolute Gasteiger partial charge is 0.360 e. The van der Waals surface area contributed by atoms with Crippen molar-refractivity contribution in [2.75, 3.05) is 24.2 Å². The van der Waals surface area contributed by atoms with Crippen LogP contribution in [-0.4, -0.2) is 34.9 Å². The second kappa shape index (κ2) is 11.1. The Morgan fingerprint density at radius 2 is 1.93 bits per heavy atom. The number of hydrogen-bond donors (Lipinski definition) is 2. The minimum absolute atomic E-state index is 0.0375. The van der Waals surface area contributed by atoms with Crippen molar-refractivity contribution >= 4 is 45.5 Å². The second-order valence-corrected chi connectivity index (χ2v) is 9.09. The van der Waals surface area contributed by atoms with E-state index in [0.29, 0.717) is 12.3 Å². The molecule has 0 aliphatic heterocycles. The minimum atomic E-state index is 0.0375. The van der Waals surface area contributed by atoms with Gasteiger partial charge in [0, 0.05) is 18.0 Å². The summed E-state index contributed by atoms with van der Waals surface area (Å²) in [5.74, 6) is 0.408. The number of nitrogens with one attached hydrogen (secondary N) is 2. The molecule has 1 aromatic carbocycles. The molecule has 3 rings (SSSR count). The van der Waals surface area contributed by atoms with E-state index in [4.69, 9.17) is 0 Å². The molecule has 2 aromatic heterocycles. The molecule has 0 radical (unpaired) electrons. The first-order valence-corrected chi connectivity index (χ1v) is 11.5. The van der Waals surface area contributed by atoms with Gasteiger partial charge in [-0.2, -0.15) is 0 Å². The van der Waals surface area contributed by atoms with Crippen LogP contribution in [0.1, 0.15) is 16.9 Å². The van der Waals surface area contributed by atoms with Crippen LogP contribution in [0.15, 0.2) is 52.2 Å². The van der Waals surface area contributed by atoms with Gasteiger partial charge in [-0.05, 0) is 36.3 Å². The summed E-state index contributed by atoms with van der Waals surface area (Å²) in [6, 6.07) is 14.5. The standard InChI is InChI=1S/C19H22N4OS3/c24-17(20-11-4-8-15-6-2-1-3-7-15)14-26-19-23-22-18(27-19)21-12-10-16-9-5-13-25-16/h1-3,5-7,9,13H,4,8,10-12,14H2,(H,20,24)(H,21,22). The van der Waals surface area contributed by atoms with E-state index < -0.39 is 0 Å². The van der Waals surface area contributed by atoms with E-state index in [-0.39, 0.29) is 5.91 Å². The third kappa shape index (κ3) is 7.32. The van der Waals surface area contributed by atoms with Gasteiger partial charge in [-0.1, -0.05) is 59.5 Å². The SMILES string of the molecule is O=C(CSc1nnc(NCCc2cccs2)s1)NCCCc1ccccc1. The van der Waals surface area contributed by atoms with Gasteiger partial charge < -0.3 is 10.6 Å². The van der Waals surface area contributed by atoms with Crippen molar-refractivity contribution in [3.8, 4) is 0 Å². The Balaban J connectivity index is 1.28. The van der Waals surface area contributed by atoms with Gasteiger partial charge in [-0.3, -0.25) is 4.79 Å². The van der Waals surface area contributed by atoms with Crippen LogP contribution in [-0.2, 0) is 17.6 Å². The van der Waals surface area contributed by atoms with E-state index in [1.807, 2.05) is 18.2 Å². The van der Waals surface area contributed by atoms with Crippen LogP contribution >= 0.6 is 34.4 Å². The lowest BCUT2D eigenvalue weighted by Crippen LogP contribution is -2.26. The molecule has 0 atom stereocenters. The highest BCUT2D eigenvalue weighted by Gasteiger charge is 2.08. The van der Waals surface area contributed by atoms with Crippen molar-refractivity contribution in [2.24, 2.45) is 0 Å². The summed E-state index contributed by atoms with van der Waals surface area (Å²) < 4.78 is 0.813. The summed E-state index contributed by atoms with van der Waals surface area (Å²) in [4.78, 5) is 13.3. The highest BCUT2D eigenvalue weighted by atomic mass is 32.2. The predicted octanol–water partition coefficient (Wildman–Crippen LogP) is 4.10. The molecular formula is C19H22N4OS3. The zero-order chi connectivity index (χ0) is 18.7. The zero-order valence-corrected chi connectivity index (χ0v) is 17.3. The highest BCUT2D eigenvalue weighted by molar-refractivity contribution is 8.01. The summed E-state index contributed by atoms with van der Waals surface area (Å²) in [7, 11) is 0. The zero-order valence-electron chi connectivity index (χ0n) is 14.9. The molecule has 2 heterocycles. The maximum Gasteiger partial charge on any atom is 0.230 e. The maximum absolute atomic E-state index is 11.9. The molecule has 0 bridgehead atoms. The first kappa shape index (κ1) is 19.9. The Bertz CT molecular complexity index is 805. The van der Waals surface area contributed by atoms with Crippen LogP contribution in [0.25, 0.3) is 0 Å². The summed E-state index contributed by atoms with van der Waals surface area (Å²) in [5, 5.41) is 17.4. The maximum atomic E-state index is 11.9. The van der Waals surface area contributed by atoms with Crippen molar-refractivity contribution in [1.29, 1.82) is 0 Å². The average molecular weight is 419 g/mol. The molecular weight excluding hydrogens is 396 g/mol. The summed E-state index contributed by atoms with van der Waals surface area (Å²) in [6.45, 7) is 1.53. The summed E-state index contributed by atoms with van der Waals surface area (Å²) >= 11 is 4.68. The number of thiophene rings is 1. The fourth-order valence-electron chi connectivity index (χ4n) is 2.43. The first-order valence-electron chi connectivity index (χ1n) is 8.83. The molecule has 0 saturated heterocycles. The van der Waals surface area contributed by atoms with Crippen LogP contribution in [0.4, 0.5) is 5.13 Å². The van der Waals surface area contributed by atoms with Crippen molar-refractivity contribution < 1.29 is 4.79 Å². The van der Waals surface area contributed by atoms with Gasteiger partial charge in [-0.25, -0.2) is 0 Å². The Kier molecular flexibility index (Phi) is 8.13. The van der Waals surface area contributed by atoms with E-state index in [0.717, 1.165) is 35.3 Å². The highest BCUT2D eigenvalue weighted by Crippen LogP contribution is 2.25. The fraction of sp³-hybridized carbons (Fsp3) is 0.316. The lowest BCUT2D eigenvalue weighted by molar-refractivity contribution is -0.118. The monoisotopic (exact) mass is 418 g/mol. The van der Waals surface area contributed by atoms with Crippen LogP contribution < -0.4 is 10.6 Å². The number of thioether (sulfide) groups is 1. The number of carbonyl (C=O) groups excluding carboxylic acids is 1. The number of aryl methyl sites for hydroxylation is 1. The smallest absolute Gasteiger partial charge is 0.230 e. The molecule has 2 N–H and O–H groups in total. The third-order valence-electron chi connectivity index (χ3n) is 3.77. The van der Waals surface area contributed by atoms with E-state index in [2.05, 4.69) is 50.5 Å². The normalized spacial score (nSPS) is 10.7. The van der Waals surface area contributed by atoms with Gasteiger partial charge in [0.25, 0.3) is 0 Å². The van der Waals surface area contributed by atoms with Gasteiger partial charge in [0.1, 0.15) is 0 Å². The Morgan fingerprint density at radius 3 is 2.74 bits per heavy atom. The number of aromatic nitrogens is 2. The lowest BCUT2D eigenvalue weighted by Gasteiger charge is -2.04. The van der Waals surface area contributed by atoms with Gasteiger partial charge in [0.2, 0.25) is 11.0 Å². The topological polar surface area (TPSA) is 66.9 Å². The number of carbonyl (C=O) groups is 1. The molecule has 0 saturated carbocycles. The van der Waals surface area contributed by atoms with Gasteiger partial charge in [0.15, 0.2) is 4.34 Å². The van der Waals surface area contributed by atoms with Crippen molar-refractivity contribution in [2.45, 2.75) is 23.6 Å². The fourth-order valence-corrected chi connectivity index (χ4v) is 4.75. The van der Waals surface area contributed by atoms with Crippen LogP contribution in [0.2, 0.25) is 0 Å². The van der Waals surface area contributed by atoms with E-state index in [1.54, 1.807) is 11.3 Å². The molecule has 0 fully saturated rings. The molecule has 0 aliphatic carbocycles. The molecule has 8 heteroatoms. The van der Waals surface area contributed by atoms with Crippen molar-refractivity contribution in [3.63, 3.8) is 0 Å². The number of nitrogens with zero attached hydrogens (tertiary/aromatic N) is 2. The Morgan fingerprint density at radius 1 is 1.04 bits per heavy atom. The van der Waals surface area contributed by atoms with E-state index in [1.165, 1.54) is 33.5 Å². The summed E-state index contributed by atoms with van der Waals surface area (Å²) in [5.41, 5.74) is 1.30. The second-order valence-electron chi connectivity index (χ2n) is 5.86. The number of amides is 1. The molecule has 27 heavy (non-hydrogen) atoms. The molecule has 0 unspecified atom stereocenters. The van der Waals surface area contributed by atoms with Crippen molar-refractivity contribution in [1.82, 2.24) is 15.5 Å². The quantitative estimate of drug-likeness (QED) is 0.363. The Labute approximate surface area is 171 Å². The third-order valence-corrected chi connectivity index (χ3v) is 6.72. The first-order chi connectivity index (χ1) is 13.3. The van der Waals surface area contributed by atoms with Gasteiger partial charge >= 0.3 is 0 Å². The van der Waals surface area contributed by atoms with Crippen LogP contribution in [0, 0.1) is 0 Å². The molecule has 5 nitrogen and oxygen atoms in total. The number of rotatable bonds is 11. The number of anilines is 1. The van der Waals surface area contributed by atoms with Gasteiger partial charge in [0.05, 0.1) is 5.75 Å². The molecule has 0 aliphatic rings. The van der Waals surface area contributed by atoms with Crippen LogP contribution in [0.3, 0.4) is 0 Å². The van der Waals surface area contributed by atoms with E-state index in [9.17, 15) is 4.79 Å². The molecule has 1 amide bonds. The number of hydrogen-bond acceptors (Lipinski definition) is 7. The molecule has 142 valence electrons. The van der Waals surface area contributed by atoms with Crippen LogP contribution in [0.5, 0.6) is 0 Å². The lowest BCUT2D eigenvalue weighted by atomic mass is 10.1. The molecule has 3 aromatic rings. The minimum Gasteiger partial charge on any atom is -0.360 e. The van der Waals surface area contributed by atoms with Crippen molar-refractivity contribution in [3.05, 3.63) is 58.3 Å². The molecule has 0 spiro atoms. The van der Waals surface area contributed by atoms with E-state index >= 15 is 0 Å². The average Bonchev–Trinajstić information content (AvgIpc) is 3.37. The Hall–Kier alpha value is -1.90. The van der Waals surface area contributed by atoms with Gasteiger partial charge in [-0.15, -0.1) is 21.5 Å². The predicted molar refractivity (Wildman–Crippen MR) is 115 cm³/mol.